The van der Waals surface area contributed by atoms with Crippen molar-refractivity contribution in [2.45, 2.75) is 6.54 Å². The van der Waals surface area contributed by atoms with Gasteiger partial charge in [0.15, 0.2) is 0 Å². The van der Waals surface area contributed by atoms with Crippen LogP contribution in [0.3, 0.4) is 0 Å². The Hall–Kier alpha value is -1.87. The van der Waals surface area contributed by atoms with Gasteiger partial charge in [-0.05, 0) is 17.5 Å². The van der Waals surface area contributed by atoms with E-state index in [1.54, 1.807) is 23.7 Å². The number of hydrogen-bond acceptors (Lipinski definition) is 7. The van der Waals surface area contributed by atoms with Crippen LogP contribution in [-0.2, 0) is 6.54 Å². The molecular weight excluding hydrogens is 397 g/mol. The summed E-state index contributed by atoms with van der Waals surface area (Å²) in [5.74, 6) is 1.57. The minimum Gasteiger partial charge on any atom is -0.467 e. The largest absolute Gasteiger partial charge is 0.467 e. The van der Waals surface area contributed by atoms with Crippen LogP contribution in [0.2, 0.25) is 0 Å². The van der Waals surface area contributed by atoms with E-state index in [4.69, 9.17) is 10.2 Å². The molecule has 10 heteroatoms. The maximum Gasteiger partial charge on any atom is 0.257 e. The fraction of sp³-hybridized carbons (Fsp3) is 0.312. The third-order valence-electron chi connectivity index (χ3n) is 4.19. The Kier molecular flexibility index (Phi) is 6.82. The number of amides is 1. The molecule has 0 aliphatic carbocycles. The van der Waals surface area contributed by atoms with Gasteiger partial charge in [-0.3, -0.25) is 4.79 Å². The number of anilines is 1. The molecule has 1 aliphatic heterocycles. The van der Waals surface area contributed by atoms with Crippen LogP contribution in [0.5, 0.6) is 0 Å². The molecule has 1 aliphatic rings. The number of hydrogen-bond donors (Lipinski definition) is 1. The number of nitrogens with zero attached hydrogens (tertiary/aromatic N) is 4. The van der Waals surface area contributed by atoms with E-state index in [0.29, 0.717) is 31.0 Å². The Morgan fingerprint density at radius 1 is 1.23 bits per heavy atom. The Morgan fingerprint density at radius 3 is 2.69 bits per heavy atom. The lowest BCUT2D eigenvalue weighted by atomic mass is 10.2. The molecule has 1 saturated heterocycles. The van der Waals surface area contributed by atoms with E-state index in [1.807, 2.05) is 16.3 Å². The monoisotopic (exact) mass is 415 g/mol. The molecule has 4 rings (SSSR count). The van der Waals surface area contributed by atoms with Gasteiger partial charge < -0.3 is 20.0 Å². The average molecular weight is 416 g/mol. The fourth-order valence-corrected chi connectivity index (χ4v) is 3.77. The molecular formula is C16H19Cl2N5O2S. The van der Waals surface area contributed by atoms with E-state index in [2.05, 4.69) is 14.9 Å². The zero-order chi connectivity index (χ0) is 16.5. The first-order valence-electron chi connectivity index (χ1n) is 7.76. The van der Waals surface area contributed by atoms with Gasteiger partial charge in [-0.15, -0.1) is 36.2 Å². The van der Waals surface area contributed by atoms with Crippen molar-refractivity contribution >= 4 is 58.1 Å². The molecule has 7 nitrogen and oxygen atoms in total. The van der Waals surface area contributed by atoms with Crippen LogP contribution in [-0.4, -0.2) is 47.0 Å². The number of carbonyl (C=O) groups excluding carboxylic acids is 1. The number of halogens is 2. The number of nitrogens with two attached hydrogens (primary N) is 1. The van der Waals surface area contributed by atoms with Gasteiger partial charge >= 0.3 is 0 Å². The first kappa shape index (κ1) is 20.4. The number of fused-ring (bicyclic) bond motifs is 1. The van der Waals surface area contributed by atoms with E-state index in [1.165, 1.54) is 6.26 Å². The number of rotatable bonds is 3. The Bertz CT molecular complexity index is 876. The van der Waals surface area contributed by atoms with Crippen molar-refractivity contribution in [1.29, 1.82) is 0 Å². The molecule has 1 fully saturated rings. The highest BCUT2D eigenvalue weighted by Crippen LogP contribution is 2.28. The van der Waals surface area contributed by atoms with Gasteiger partial charge in [-0.25, -0.2) is 9.97 Å². The van der Waals surface area contributed by atoms with Gasteiger partial charge in [0, 0.05) is 26.2 Å². The van der Waals surface area contributed by atoms with Gasteiger partial charge in [0.2, 0.25) is 0 Å². The molecule has 26 heavy (non-hydrogen) atoms. The summed E-state index contributed by atoms with van der Waals surface area (Å²) in [6.45, 7) is 3.10. The van der Waals surface area contributed by atoms with Crippen molar-refractivity contribution in [1.82, 2.24) is 14.9 Å². The molecule has 3 aromatic heterocycles. The lowest BCUT2D eigenvalue weighted by Crippen LogP contribution is -2.49. The summed E-state index contributed by atoms with van der Waals surface area (Å²) in [6.07, 6.45) is 3.08. The van der Waals surface area contributed by atoms with E-state index in [0.717, 1.165) is 29.1 Å². The second kappa shape index (κ2) is 8.68. The van der Waals surface area contributed by atoms with Crippen molar-refractivity contribution < 1.29 is 9.21 Å². The second-order valence-electron chi connectivity index (χ2n) is 5.62. The van der Waals surface area contributed by atoms with E-state index < -0.39 is 0 Å². The molecule has 4 heterocycles. The van der Waals surface area contributed by atoms with Crippen LogP contribution in [0.4, 0.5) is 5.82 Å². The van der Waals surface area contributed by atoms with E-state index >= 15 is 0 Å². The summed E-state index contributed by atoms with van der Waals surface area (Å²) in [5, 5.41) is 2.02. The maximum absolute atomic E-state index is 12.5. The number of furan rings is 1. The Labute approximate surface area is 167 Å². The van der Waals surface area contributed by atoms with Crippen LogP contribution in [0, 0.1) is 0 Å². The van der Waals surface area contributed by atoms with Crippen LogP contribution in [0.25, 0.3) is 10.2 Å². The average Bonchev–Trinajstić information content (AvgIpc) is 3.30. The third kappa shape index (κ3) is 3.78. The predicted molar refractivity (Wildman–Crippen MR) is 107 cm³/mol. The van der Waals surface area contributed by atoms with Gasteiger partial charge in [0.05, 0.1) is 22.3 Å². The molecule has 0 saturated carbocycles. The topological polar surface area (TPSA) is 88.5 Å². The predicted octanol–water partition coefficient (Wildman–Crippen LogP) is 2.55. The normalized spacial score (nSPS) is 14.0. The Morgan fingerprint density at radius 2 is 2.00 bits per heavy atom. The summed E-state index contributed by atoms with van der Waals surface area (Å²) < 4.78 is 6.35. The molecule has 0 atom stereocenters. The minimum atomic E-state index is -0.0120. The minimum absolute atomic E-state index is 0. The first-order valence-corrected chi connectivity index (χ1v) is 8.64. The summed E-state index contributed by atoms with van der Waals surface area (Å²) in [4.78, 5) is 25.3. The van der Waals surface area contributed by atoms with Crippen molar-refractivity contribution in [3.63, 3.8) is 0 Å². The molecule has 0 bridgehead atoms. The lowest BCUT2D eigenvalue weighted by Gasteiger charge is -2.35. The van der Waals surface area contributed by atoms with Crippen LogP contribution in [0.1, 0.15) is 16.1 Å². The molecule has 140 valence electrons. The zero-order valence-electron chi connectivity index (χ0n) is 13.8. The van der Waals surface area contributed by atoms with Crippen molar-refractivity contribution in [3.8, 4) is 0 Å². The number of aromatic nitrogens is 2. The third-order valence-corrected chi connectivity index (χ3v) is 5.09. The lowest BCUT2D eigenvalue weighted by molar-refractivity contribution is 0.0746. The summed E-state index contributed by atoms with van der Waals surface area (Å²) in [6, 6.07) is 3.72. The zero-order valence-corrected chi connectivity index (χ0v) is 16.3. The summed E-state index contributed by atoms with van der Waals surface area (Å²) in [7, 11) is 0. The van der Waals surface area contributed by atoms with E-state index in [9.17, 15) is 4.79 Å². The molecule has 1 amide bonds. The quantitative estimate of drug-likeness (QED) is 0.706. The number of thiophene rings is 1. The van der Waals surface area contributed by atoms with Crippen molar-refractivity contribution in [2.75, 3.05) is 31.1 Å². The van der Waals surface area contributed by atoms with Crippen LogP contribution >= 0.6 is 36.2 Å². The number of piperazine rings is 1. The second-order valence-corrected chi connectivity index (χ2v) is 6.53. The fourth-order valence-electron chi connectivity index (χ4n) is 2.90. The van der Waals surface area contributed by atoms with Gasteiger partial charge in [0.25, 0.3) is 5.91 Å². The molecule has 0 unspecified atom stereocenters. The smallest absolute Gasteiger partial charge is 0.257 e. The first-order chi connectivity index (χ1) is 11.8. The van der Waals surface area contributed by atoms with Crippen LogP contribution in [0.15, 0.2) is 34.5 Å². The highest BCUT2D eigenvalue weighted by molar-refractivity contribution is 7.17. The summed E-state index contributed by atoms with van der Waals surface area (Å²) in [5.41, 5.74) is 7.05. The maximum atomic E-state index is 12.5. The van der Waals surface area contributed by atoms with Crippen molar-refractivity contribution in [2.24, 2.45) is 5.73 Å². The van der Waals surface area contributed by atoms with E-state index in [-0.39, 0.29) is 30.7 Å². The Balaban J connectivity index is 0.00000121. The van der Waals surface area contributed by atoms with Gasteiger partial charge in [-0.2, -0.15) is 0 Å². The summed E-state index contributed by atoms with van der Waals surface area (Å²) >= 11 is 1.65. The molecule has 3 aromatic rings. The SMILES string of the molecule is Cl.Cl.NCc1cc(C(=O)N2CCN(c3ncnc4ccsc34)CC2)co1. The van der Waals surface area contributed by atoms with Crippen LogP contribution < -0.4 is 10.6 Å². The van der Waals surface area contributed by atoms with Gasteiger partial charge in [-0.1, -0.05) is 0 Å². The molecule has 0 aromatic carbocycles. The molecule has 0 radical (unpaired) electrons. The van der Waals surface area contributed by atoms with Crippen molar-refractivity contribution in [3.05, 3.63) is 41.4 Å². The standard InChI is InChI=1S/C16H17N5O2S.2ClH/c17-8-12-7-11(9-23-12)16(22)21-4-2-20(3-5-21)15-14-13(1-6-24-14)18-10-19-15;;/h1,6-7,9-10H,2-5,8,17H2;2*1H. The van der Waals surface area contributed by atoms with Gasteiger partial charge in [0.1, 0.15) is 24.2 Å². The molecule has 0 spiro atoms. The highest BCUT2D eigenvalue weighted by atomic mass is 35.5. The highest BCUT2D eigenvalue weighted by Gasteiger charge is 2.25. The number of carbonyl (C=O) groups is 1. The molecule has 2 N–H and O–H groups in total.